The van der Waals surface area contributed by atoms with E-state index < -0.39 is 0 Å². The van der Waals surface area contributed by atoms with Gasteiger partial charge in [-0.3, -0.25) is 0 Å². The minimum Gasteiger partial charge on any atom is -0.457 e. The molecule has 0 saturated carbocycles. The van der Waals surface area contributed by atoms with Gasteiger partial charge in [0.15, 0.2) is 0 Å². The van der Waals surface area contributed by atoms with Crippen LogP contribution in [-0.2, 0) is 11.3 Å². The molecule has 2 rings (SSSR count). The Kier molecular flexibility index (Phi) is 5.72. The van der Waals surface area contributed by atoms with Gasteiger partial charge in [-0.2, -0.15) is 0 Å². The second-order valence-corrected chi connectivity index (χ2v) is 4.83. The third-order valence-electron chi connectivity index (χ3n) is 3.10. The number of nitrogens with one attached hydrogen (secondary N) is 1. The molecule has 0 aliphatic heterocycles. The van der Waals surface area contributed by atoms with Crippen molar-refractivity contribution in [2.45, 2.75) is 13.5 Å². The van der Waals surface area contributed by atoms with E-state index in [4.69, 9.17) is 9.47 Å². The lowest BCUT2D eigenvalue weighted by Crippen LogP contribution is -2.18. The molecule has 0 heterocycles. The maximum absolute atomic E-state index is 13.0. The zero-order valence-corrected chi connectivity index (χ0v) is 12.4. The Morgan fingerprint density at radius 3 is 2.52 bits per heavy atom. The predicted octanol–water partition coefficient (Wildman–Crippen LogP) is 3.66. The molecule has 0 spiro atoms. The van der Waals surface area contributed by atoms with Crippen LogP contribution < -0.4 is 10.1 Å². The van der Waals surface area contributed by atoms with Gasteiger partial charge in [0.1, 0.15) is 17.3 Å². The summed E-state index contributed by atoms with van der Waals surface area (Å²) in [6.45, 7) is 4.14. The quantitative estimate of drug-likeness (QED) is 0.789. The van der Waals surface area contributed by atoms with Crippen molar-refractivity contribution in [3.05, 3.63) is 59.4 Å². The number of benzene rings is 2. The zero-order valence-electron chi connectivity index (χ0n) is 12.4. The Balaban J connectivity index is 1.92. The predicted molar refractivity (Wildman–Crippen MR) is 81.2 cm³/mol. The molecule has 2 aromatic rings. The summed E-state index contributed by atoms with van der Waals surface area (Å²) in [4.78, 5) is 0. The highest BCUT2D eigenvalue weighted by Gasteiger charge is 2.03. The van der Waals surface area contributed by atoms with Crippen LogP contribution in [0.2, 0.25) is 0 Å². The highest BCUT2D eigenvalue weighted by molar-refractivity contribution is 5.38. The van der Waals surface area contributed by atoms with Crippen molar-refractivity contribution in [2.24, 2.45) is 0 Å². The van der Waals surface area contributed by atoms with Gasteiger partial charge in [0.05, 0.1) is 6.61 Å². The van der Waals surface area contributed by atoms with Crippen molar-refractivity contribution < 1.29 is 13.9 Å². The van der Waals surface area contributed by atoms with E-state index in [9.17, 15) is 4.39 Å². The molecule has 112 valence electrons. The summed E-state index contributed by atoms with van der Waals surface area (Å²) >= 11 is 0. The number of aryl methyl sites for hydroxylation is 1. The standard InChI is InChI=1S/C17H20FNO2/c1-13-11-15(18)5-8-17(13)21-16-6-3-14(4-7-16)12-19-9-10-20-2/h3-8,11,19H,9-10,12H2,1-2H3. The Bertz CT molecular complexity index is 570. The molecule has 3 nitrogen and oxygen atoms in total. The summed E-state index contributed by atoms with van der Waals surface area (Å²) in [6.07, 6.45) is 0. The van der Waals surface area contributed by atoms with Crippen LogP contribution in [0, 0.1) is 12.7 Å². The molecular formula is C17H20FNO2. The number of halogens is 1. The van der Waals surface area contributed by atoms with E-state index in [0.717, 1.165) is 24.4 Å². The monoisotopic (exact) mass is 289 g/mol. The van der Waals surface area contributed by atoms with Gasteiger partial charge in [0.2, 0.25) is 0 Å². The molecule has 4 heteroatoms. The fourth-order valence-electron chi connectivity index (χ4n) is 1.94. The summed E-state index contributed by atoms with van der Waals surface area (Å²) in [7, 11) is 1.69. The van der Waals surface area contributed by atoms with Crippen molar-refractivity contribution in [1.82, 2.24) is 5.32 Å². The number of hydrogen-bond donors (Lipinski definition) is 1. The van der Waals surface area contributed by atoms with E-state index in [1.807, 2.05) is 31.2 Å². The van der Waals surface area contributed by atoms with Gasteiger partial charge in [-0.25, -0.2) is 4.39 Å². The lowest BCUT2D eigenvalue weighted by atomic mass is 10.2. The summed E-state index contributed by atoms with van der Waals surface area (Å²) in [6, 6.07) is 12.3. The van der Waals surface area contributed by atoms with Crippen LogP contribution in [0.15, 0.2) is 42.5 Å². The molecule has 0 unspecified atom stereocenters. The van der Waals surface area contributed by atoms with Crippen molar-refractivity contribution >= 4 is 0 Å². The van der Waals surface area contributed by atoms with E-state index in [1.54, 1.807) is 13.2 Å². The van der Waals surface area contributed by atoms with E-state index >= 15 is 0 Å². The fourth-order valence-corrected chi connectivity index (χ4v) is 1.94. The minimum absolute atomic E-state index is 0.252. The molecule has 0 aliphatic rings. The normalized spacial score (nSPS) is 10.6. The maximum Gasteiger partial charge on any atom is 0.130 e. The van der Waals surface area contributed by atoms with Crippen LogP contribution in [-0.4, -0.2) is 20.3 Å². The Labute approximate surface area is 124 Å². The molecule has 0 saturated heterocycles. The molecule has 2 aromatic carbocycles. The lowest BCUT2D eigenvalue weighted by molar-refractivity contribution is 0.199. The second kappa shape index (κ2) is 7.76. The third kappa shape index (κ3) is 4.85. The second-order valence-electron chi connectivity index (χ2n) is 4.83. The number of hydrogen-bond acceptors (Lipinski definition) is 3. The molecule has 21 heavy (non-hydrogen) atoms. The average Bonchev–Trinajstić information content (AvgIpc) is 2.48. The topological polar surface area (TPSA) is 30.5 Å². The van der Waals surface area contributed by atoms with E-state index in [1.165, 1.54) is 17.7 Å². The van der Waals surface area contributed by atoms with Crippen LogP contribution >= 0.6 is 0 Å². The van der Waals surface area contributed by atoms with Crippen LogP contribution in [0.4, 0.5) is 4.39 Å². The molecule has 0 radical (unpaired) electrons. The number of rotatable bonds is 7. The smallest absolute Gasteiger partial charge is 0.130 e. The first-order valence-corrected chi connectivity index (χ1v) is 6.91. The van der Waals surface area contributed by atoms with E-state index in [2.05, 4.69) is 5.32 Å². The molecule has 0 aromatic heterocycles. The number of ether oxygens (including phenoxy) is 2. The maximum atomic E-state index is 13.0. The van der Waals surface area contributed by atoms with Gasteiger partial charge >= 0.3 is 0 Å². The van der Waals surface area contributed by atoms with Crippen molar-refractivity contribution in [3.8, 4) is 11.5 Å². The molecule has 0 amide bonds. The van der Waals surface area contributed by atoms with Gasteiger partial charge in [-0.1, -0.05) is 12.1 Å². The molecular weight excluding hydrogens is 269 g/mol. The number of methoxy groups -OCH3 is 1. The van der Waals surface area contributed by atoms with Gasteiger partial charge in [0, 0.05) is 20.2 Å². The largest absolute Gasteiger partial charge is 0.457 e. The average molecular weight is 289 g/mol. The van der Waals surface area contributed by atoms with Crippen molar-refractivity contribution in [2.75, 3.05) is 20.3 Å². The summed E-state index contributed by atoms with van der Waals surface area (Å²) < 4.78 is 23.8. The first kappa shape index (κ1) is 15.5. The van der Waals surface area contributed by atoms with Crippen LogP contribution in [0.3, 0.4) is 0 Å². The molecule has 0 fully saturated rings. The van der Waals surface area contributed by atoms with Crippen LogP contribution in [0.1, 0.15) is 11.1 Å². The van der Waals surface area contributed by atoms with E-state index in [-0.39, 0.29) is 5.82 Å². The van der Waals surface area contributed by atoms with Crippen molar-refractivity contribution in [3.63, 3.8) is 0 Å². The van der Waals surface area contributed by atoms with Gasteiger partial charge in [0.25, 0.3) is 0 Å². The Morgan fingerprint density at radius 2 is 1.86 bits per heavy atom. The minimum atomic E-state index is -0.252. The van der Waals surface area contributed by atoms with Gasteiger partial charge < -0.3 is 14.8 Å². The Hall–Kier alpha value is -1.91. The SMILES string of the molecule is COCCNCc1ccc(Oc2ccc(F)cc2C)cc1. The molecule has 0 aliphatic carbocycles. The van der Waals surface area contributed by atoms with Crippen molar-refractivity contribution in [1.29, 1.82) is 0 Å². The first-order valence-electron chi connectivity index (χ1n) is 6.91. The zero-order chi connectivity index (χ0) is 15.1. The summed E-state index contributed by atoms with van der Waals surface area (Å²) in [5.41, 5.74) is 1.95. The fraction of sp³-hybridized carbons (Fsp3) is 0.294. The summed E-state index contributed by atoms with van der Waals surface area (Å²) in [5.74, 6) is 1.16. The Morgan fingerprint density at radius 1 is 1.10 bits per heavy atom. The van der Waals surface area contributed by atoms with E-state index in [0.29, 0.717) is 12.4 Å². The lowest BCUT2D eigenvalue weighted by Gasteiger charge is -2.10. The van der Waals surface area contributed by atoms with Gasteiger partial charge in [-0.15, -0.1) is 0 Å². The first-order chi connectivity index (χ1) is 10.2. The highest BCUT2D eigenvalue weighted by atomic mass is 19.1. The third-order valence-corrected chi connectivity index (χ3v) is 3.10. The molecule has 0 atom stereocenters. The van der Waals surface area contributed by atoms with Crippen LogP contribution in [0.25, 0.3) is 0 Å². The van der Waals surface area contributed by atoms with Gasteiger partial charge in [-0.05, 0) is 48.4 Å². The van der Waals surface area contributed by atoms with Crippen LogP contribution in [0.5, 0.6) is 11.5 Å². The highest BCUT2D eigenvalue weighted by Crippen LogP contribution is 2.25. The molecule has 1 N–H and O–H groups in total. The summed E-state index contributed by atoms with van der Waals surface area (Å²) in [5, 5.41) is 3.28. The molecule has 0 bridgehead atoms.